The van der Waals surface area contributed by atoms with Crippen molar-refractivity contribution in [1.29, 1.82) is 0 Å². The Balaban J connectivity index is 2.04. The molecule has 0 saturated heterocycles. The number of fused-ring (bicyclic) bond motifs is 1. The fourth-order valence-corrected chi connectivity index (χ4v) is 2.59. The zero-order valence-corrected chi connectivity index (χ0v) is 9.59. The van der Waals surface area contributed by atoms with Crippen LogP contribution in [0.2, 0.25) is 0 Å². The standard InChI is InChI=1S/C14H12O4/c15-13(16)11-5-6-18-12(11)14(17)7-9-3-1-2-4-10(9)8-14/h1-6,17H,7-8H2,(H,15,16). The molecule has 0 radical (unpaired) electrons. The number of furan rings is 1. The van der Waals surface area contributed by atoms with E-state index in [1.54, 1.807) is 0 Å². The number of hydrogen-bond donors (Lipinski definition) is 2. The van der Waals surface area contributed by atoms with Crippen LogP contribution in [0.25, 0.3) is 0 Å². The minimum absolute atomic E-state index is 0.0327. The van der Waals surface area contributed by atoms with Gasteiger partial charge in [-0.05, 0) is 17.2 Å². The largest absolute Gasteiger partial charge is 0.478 e. The van der Waals surface area contributed by atoms with Gasteiger partial charge >= 0.3 is 5.97 Å². The number of carboxylic acids is 1. The van der Waals surface area contributed by atoms with Crippen molar-refractivity contribution < 1.29 is 19.4 Å². The second-order valence-electron chi connectivity index (χ2n) is 4.62. The molecule has 0 spiro atoms. The highest BCUT2D eigenvalue weighted by Crippen LogP contribution is 2.39. The molecule has 0 aliphatic heterocycles. The summed E-state index contributed by atoms with van der Waals surface area (Å²) in [5.74, 6) is -0.936. The van der Waals surface area contributed by atoms with Crippen molar-refractivity contribution in [3.63, 3.8) is 0 Å². The van der Waals surface area contributed by atoms with Crippen molar-refractivity contribution in [3.05, 3.63) is 59.0 Å². The fourth-order valence-electron chi connectivity index (χ4n) is 2.59. The number of carboxylic acid groups (broad SMARTS) is 1. The third-order valence-corrected chi connectivity index (χ3v) is 3.40. The van der Waals surface area contributed by atoms with Crippen LogP contribution in [0.1, 0.15) is 27.2 Å². The highest BCUT2D eigenvalue weighted by Gasteiger charge is 2.41. The lowest BCUT2D eigenvalue weighted by Crippen LogP contribution is -2.27. The monoisotopic (exact) mass is 244 g/mol. The predicted molar refractivity (Wildman–Crippen MR) is 63.4 cm³/mol. The quantitative estimate of drug-likeness (QED) is 0.847. The van der Waals surface area contributed by atoms with Crippen LogP contribution < -0.4 is 0 Å². The number of aromatic carboxylic acids is 1. The number of benzene rings is 1. The number of aliphatic hydroxyl groups is 1. The molecule has 0 saturated carbocycles. The first kappa shape index (κ1) is 11.0. The fraction of sp³-hybridized carbons (Fsp3) is 0.214. The molecule has 2 aromatic rings. The van der Waals surface area contributed by atoms with Gasteiger partial charge in [0.15, 0.2) is 5.76 Å². The third kappa shape index (κ3) is 1.54. The molecule has 2 N–H and O–H groups in total. The van der Waals surface area contributed by atoms with Gasteiger partial charge in [-0.25, -0.2) is 4.79 Å². The van der Waals surface area contributed by atoms with Crippen molar-refractivity contribution in [2.45, 2.75) is 18.4 Å². The van der Waals surface area contributed by atoms with Crippen LogP contribution >= 0.6 is 0 Å². The van der Waals surface area contributed by atoms with Crippen molar-refractivity contribution in [1.82, 2.24) is 0 Å². The van der Waals surface area contributed by atoms with Gasteiger partial charge < -0.3 is 14.6 Å². The molecule has 4 heteroatoms. The Hall–Kier alpha value is -2.07. The van der Waals surface area contributed by atoms with Crippen LogP contribution in [0.5, 0.6) is 0 Å². The average molecular weight is 244 g/mol. The Bertz CT molecular complexity index is 587. The van der Waals surface area contributed by atoms with E-state index in [2.05, 4.69) is 0 Å². The van der Waals surface area contributed by atoms with E-state index in [9.17, 15) is 9.90 Å². The molecule has 0 fully saturated rings. The maximum atomic E-state index is 11.1. The van der Waals surface area contributed by atoms with Gasteiger partial charge in [0.2, 0.25) is 0 Å². The predicted octanol–water partition coefficient (Wildman–Crippen LogP) is 1.96. The van der Waals surface area contributed by atoms with Crippen molar-refractivity contribution in [2.75, 3.05) is 0 Å². The Labute approximate surface area is 103 Å². The van der Waals surface area contributed by atoms with Gasteiger partial charge in [-0.2, -0.15) is 0 Å². The summed E-state index contributed by atoms with van der Waals surface area (Å²) in [5, 5.41) is 19.7. The maximum absolute atomic E-state index is 11.1. The molecule has 1 heterocycles. The van der Waals surface area contributed by atoms with E-state index < -0.39 is 11.6 Å². The molecule has 1 aromatic carbocycles. The number of carbonyl (C=O) groups is 1. The summed E-state index contributed by atoms with van der Waals surface area (Å²) < 4.78 is 5.21. The van der Waals surface area contributed by atoms with Crippen LogP contribution in [0.4, 0.5) is 0 Å². The third-order valence-electron chi connectivity index (χ3n) is 3.40. The summed E-state index contributed by atoms with van der Waals surface area (Å²) in [7, 11) is 0. The second-order valence-corrected chi connectivity index (χ2v) is 4.62. The molecule has 1 aliphatic carbocycles. The molecular weight excluding hydrogens is 232 g/mol. The molecule has 1 aromatic heterocycles. The van der Waals surface area contributed by atoms with Gasteiger partial charge in [-0.15, -0.1) is 0 Å². The first-order valence-electron chi connectivity index (χ1n) is 5.70. The summed E-state index contributed by atoms with van der Waals surface area (Å²) in [4.78, 5) is 11.1. The molecule has 0 bridgehead atoms. The Morgan fingerprint density at radius 1 is 1.17 bits per heavy atom. The molecule has 18 heavy (non-hydrogen) atoms. The number of rotatable bonds is 2. The van der Waals surface area contributed by atoms with Crippen molar-refractivity contribution in [2.24, 2.45) is 0 Å². The average Bonchev–Trinajstić information content (AvgIpc) is 2.91. The second kappa shape index (κ2) is 3.71. The molecule has 0 atom stereocenters. The Morgan fingerprint density at radius 2 is 1.78 bits per heavy atom. The lowest BCUT2D eigenvalue weighted by Gasteiger charge is -2.20. The number of hydrogen-bond acceptors (Lipinski definition) is 3. The highest BCUT2D eigenvalue weighted by atomic mass is 16.4. The lowest BCUT2D eigenvalue weighted by molar-refractivity contribution is 0.0228. The molecule has 3 rings (SSSR count). The zero-order chi connectivity index (χ0) is 12.8. The summed E-state index contributed by atoms with van der Waals surface area (Å²) in [6, 6.07) is 9.07. The van der Waals surface area contributed by atoms with Crippen LogP contribution in [-0.2, 0) is 18.4 Å². The van der Waals surface area contributed by atoms with Crippen LogP contribution in [0.15, 0.2) is 41.0 Å². The highest BCUT2D eigenvalue weighted by molar-refractivity contribution is 5.89. The summed E-state index contributed by atoms with van der Waals surface area (Å²) in [6.07, 6.45) is 2.08. The van der Waals surface area contributed by atoms with E-state index in [-0.39, 0.29) is 11.3 Å². The molecule has 4 nitrogen and oxygen atoms in total. The van der Waals surface area contributed by atoms with Gasteiger partial charge in [0.05, 0.1) is 6.26 Å². The van der Waals surface area contributed by atoms with Crippen molar-refractivity contribution in [3.8, 4) is 0 Å². The first-order chi connectivity index (χ1) is 8.60. The van der Waals surface area contributed by atoms with Gasteiger partial charge in [-0.1, -0.05) is 24.3 Å². The smallest absolute Gasteiger partial charge is 0.339 e. The molecule has 1 aliphatic rings. The van der Waals surface area contributed by atoms with Gasteiger partial charge in [-0.3, -0.25) is 0 Å². The first-order valence-corrected chi connectivity index (χ1v) is 5.70. The minimum Gasteiger partial charge on any atom is -0.478 e. The topological polar surface area (TPSA) is 70.7 Å². The van der Waals surface area contributed by atoms with E-state index in [0.29, 0.717) is 12.8 Å². The van der Waals surface area contributed by atoms with E-state index in [1.165, 1.54) is 12.3 Å². The normalized spacial score (nSPS) is 16.5. The lowest BCUT2D eigenvalue weighted by atomic mass is 9.94. The van der Waals surface area contributed by atoms with Crippen LogP contribution in [0.3, 0.4) is 0 Å². The van der Waals surface area contributed by atoms with Gasteiger partial charge in [0, 0.05) is 12.8 Å². The van der Waals surface area contributed by atoms with Crippen LogP contribution in [0, 0.1) is 0 Å². The molecule has 0 amide bonds. The van der Waals surface area contributed by atoms with E-state index in [1.807, 2.05) is 24.3 Å². The maximum Gasteiger partial charge on any atom is 0.339 e. The zero-order valence-electron chi connectivity index (χ0n) is 9.59. The molecule has 0 unspecified atom stereocenters. The molecular formula is C14H12O4. The Kier molecular flexibility index (Phi) is 2.28. The van der Waals surface area contributed by atoms with E-state index in [4.69, 9.17) is 9.52 Å². The summed E-state index contributed by atoms with van der Waals surface area (Å²) in [5.41, 5.74) is 0.853. The van der Waals surface area contributed by atoms with Crippen LogP contribution in [-0.4, -0.2) is 16.2 Å². The van der Waals surface area contributed by atoms with E-state index >= 15 is 0 Å². The van der Waals surface area contributed by atoms with Crippen molar-refractivity contribution >= 4 is 5.97 Å². The SMILES string of the molecule is O=C(O)c1ccoc1C1(O)Cc2ccccc2C1. The molecule has 92 valence electrons. The summed E-state index contributed by atoms with van der Waals surface area (Å²) >= 11 is 0. The summed E-state index contributed by atoms with van der Waals surface area (Å²) in [6.45, 7) is 0. The van der Waals surface area contributed by atoms with Gasteiger partial charge in [0.1, 0.15) is 11.2 Å². The minimum atomic E-state index is -1.25. The Morgan fingerprint density at radius 3 is 2.33 bits per heavy atom. The van der Waals surface area contributed by atoms with E-state index in [0.717, 1.165) is 11.1 Å². The van der Waals surface area contributed by atoms with Gasteiger partial charge in [0.25, 0.3) is 0 Å².